The van der Waals surface area contributed by atoms with E-state index in [4.69, 9.17) is 0 Å². The Labute approximate surface area is 108 Å². The number of hydrogen-bond acceptors (Lipinski definition) is 3. The lowest BCUT2D eigenvalue weighted by molar-refractivity contribution is -0.123. The van der Waals surface area contributed by atoms with Crippen LogP contribution in [0.25, 0.3) is 0 Å². The highest BCUT2D eigenvalue weighted by molar-refractivity contribution is 7.90. The Morgan fingerprint density at radius 1 is 1.22 bits per heavy atom. The fourth-order valence-corrected chi connectivity index (χ4v) is 2.75. The van der Waals surface area contributed by atoms with Crippen molar-refractivity contribution >= 4 is 15.9 Å². The van der Waals surface area contributed by atoms with Crippen LogP contribution in [0.4, 0.5) is 0 Å². The number of carbonyl (C=O) groups excluding carboxylic acids is 1. The molecular formula is C13H19NO3S. The zero-order chi connectivity index (χ0) is 13.8. The van der Waals surface area contributed by atoms with Crippen LogP contribution in [0.2, 0.25) is 0 Å². The lowest BCUT2D eigenvalue weighted by Crippen LogP contribution is -2.43. The molecule has 100 valence electrons. The quantitative estimate of drug-likeness (QED) is 0.887. The normalized spacial score (nSPS) is 12.2. The fourth-order valence-electron chi connectivity index (χ4n) is 1.57. The minimum absolute atomic E-state index is 0.0381. The molecule has 0 fully saturated rings. The number of amides is 1. The number of hydrogen-bond donors (Lipinski definition) is 1. The van der Waals surface area contributed by atoms with Gasteiger partial charge in [0, 0.05) is 0 Å². The third-order valence-electron chi connectivity index (χ3n) is 2.78. The van der Waals surface area contributed by atoms with Crippen LogP contribution >= 0.6 is 0 Å². The molecule has 0 aromatic heterocycles. The summed E-state index contributed by atoms with van der Waals surface area (Å²) in [5, 5.41) is 0. The maximum absolute atomic E-state index is 12.1. The van der Waals surface area contributed by atoms with Crippen LogP contribution in [0.1, 0.15) is 32.8 Å². The second-order valence-electron chi connectivity index (χ2n) is 4.74. The van der Waals surface area contributed by atoms with Gasteiger partial charge in [0.05, 0.1) is 11.2 Å². The van der Waals surface area contributed by atoms with Crippen molar-refractivity contribution < 1.29 is 13.2 Å². The molecule has 0 bridgehead atoms. The van der Waals surface area contributed by atoms with E-state index in [1.54, 1.807) is 20.8 Å². The van der Waals surface area contributed by atoms with Crippen molar-refractivity contribution in [1.29, 1.82) is 0 Å². The van der Waals surface area contributed by atoms with E-state index in [-0.39, 0.29) is 5.75 Å². The predicted molar refractivity (Wildman–Crippen MR) is 71.7 cm³/mol. The van der Waals surface area contributed by atoms with E-state index in [1.165, 1.54) is 0 Å². The predicted octanol–water partition coefficient (Wildman–Crippen LogP) is 1.82. The summed E-state index contributed by atoms with van der Waals surface area (Å²) in [5.74, 6) is -0.536. The average Bonchev–Trinajstić information content (AvgIpc) is 2.29. The van der Waals surface area contributed by atoms with Crippen LogP contribution in [0.3, 0.4) is 0 Å². The van der Waals surface area contributed by atoms with Crippen LogP contribution in [0.15, 0.2) is 30.3 Å². The first-order chi connectivity index (χ1) is 8.29. The molecule has 0 aliphatic rings. The van der Waals surface area contributed by atoms with Crippen LogP contribution in [-0.4, -0.2) is 20.1 Å². The number of carbonyl (C=O) groups is 1. The standard InChI is InChI=1S/C13H19NO3S/c1-4-10-18(16,17)14-12(15)13(2,3)11-8-6-5-7-9-11/h5-9H,4,10H2,1-3H3,(H,14,15). The summed E-state index contributed by atoms with van der Waals surface area (Å²) in [4.78, 5) is 12.1. The van der Waals surface area contributed by atoms with Gasteiger partial charge < -0.3 is 0 Å². The van der Waals surface area contributed by atoms with Crippen molar-refractivity contribution in [2.24, 2.45) is 0 Å². The summed E-state index contributed by atoms with van der Waals surface area (Å²) in [6, 6.07) is 9.12. The number of sulfonamides is 1. The summed E-state index contributed by atoms with van der Waals surface area (Å²) in [6.45, 7) is 5.17. The molecule has 0 spiro atoms. The van der Waals surface area contributed by atoms with Gasteiger partial charge in [0.2, 0.25) is 15.9 Å². The summed E-state index contributed by atoms with van der Waals surface area (Å²) in [6.07, 6.45) is 0.481. The van der Waals surface area contributed by atoms with Gasteiger partial charge in [0.1, 0.15) is 0 Å². The van der Waals surface area contributed by atoms with E-state index in [2.05, 4.69) is 4.72 Å². The molecule has 1 rings (SSSR count). The number of rotatable bonds is 5. The fraction of sp³-hybridized carbons (Fsp3) is 0.462. The number of benzene rings is 1. The van der Waals surface area contributed by atoms with Crippen molar-refractivity contribution in [1.82, 2.24) is 4.72 Å². The lowest BCUT2D eigenvalue weighted by atomic mass is 9.84. The Balaban J connectivity index is 2.91. The van der Waals surface area contributed by atoms with Crippen LogP contribution in [-0.2, 0) is 20.2 Å². The van der Waals surface area contributed by atoms with Gasteiger partial charge in [-0.1, -0.05) is 37.3 Å². The van der Waals surface area contributed by atoms with Gasteiger partial charge >= 0.3 is 0 Å². The van der Waals surface area contributed by atoms with Gasteiger partial charge in [-0.2, -0.15) is 0 Å². The van der Waals surface area contributed by atoms with E-state index < -0.39 is 21.3 Å². The van der Waals surface area contributed by atoms with Gasteiger partial charge in [0.25, 0.3) is 0 Å². The van der Waals surface area contributed by atoms with E-state index in [9.17, 15) is 13.2 Å². The second kappa shape index (κ2) is 5.52. The lowest BCUT2D eigenvalue weighted by Gasteiger charge is -2.23. The van der Waals surface area contributed by atoms with Crippen molar-refractivity contribution in [3.05, 3.63) is 35.9 Å². The SMILES string of the molecule is CCCS(=O)(=O)NC(=O)C(C)(C)c1ccccc1. The summed E-state index contributed by atoms with van der Waals surface area (Å²) in [7, 11) is -3.52. The van der Waals surface area contributed by atoms with Crippen molar-refractivity contribution in [2.75, 3.05) is 5.75 Å². The number of nitrogens with one attached hydrogen (secondary N) is 1. The van der Waals surface area contributed by atoms with Gasteiger partial charge in [-0.3, -0.25) is 9.52 Å². The second-order valence-corrected chi connectivity index (χ2v) is 6.58. The molecule has 0 heterocycles. The Morgan fingerprint density at radius 3 is 2.28 bits per heavy atom. The van der Waals surface area contributed by atoms with Crippen LogP contribution in [0, 0.1) is 0 Å². The topological polar surface area (TPSA) is 63.2 Å². The first-order valence-corrected chi connectivity index (χ1v) is 7.55. The average molecular weight is 269 g/mol. The highest BCUT2D eigenvalue weighted by Crippen LogP contribution is 2.23. The van der Waals surface area contributed by atoms with Crippen LogP contribution in [0.5, 0.6) is 0 Å². The molecule has 0 saturated carbocycles. The molecule has 1 amide bonds. The molecule has 1 aromatic rings. The molecule has 0 unspecified atom stereocenters. The first kappa shape index (κ1) is 14.7. The van der Waals surface area contributed by atoms with Gasteiger partial charge in [-0.25, -0.2) is 8.42 Å². The molecule has 0 saturated heterocycles. The Morgan fingerprint density at radius 2 is 1.78 bits per heavy atom. The van der Waals surface area contributed by atoms with E-state index in [1.807, 2.05) is 30.3 Å². The maximum Gasteiger partial charge on any atom is 0.243 e. The molecular weight excluding hydrogens is 250 g/mol. The minimum atomic E-state index is -3.52. The third-order valence-corrected chi connectivity index (χ3v) is 4.23. The van der Waals surface area contributed by atoms with Crippen molar-refractivity contribution in [2.45, 2.75) is 32.6 Å². The molecule has 0 aliphatic carbocycles. The molecule has 4 nitrogen and oxygen atoms in total. The third kappa shape index (κ3) is 3.57. The molecule has 1 N–H and O–H groups in total. The monoisotopic (exact) mass is 269 g/mol. The Bertz CT molecular complexity index is 506. The smallest absolute Gasteiger partial charge is 0.243 e. The van der Waals surface area contributed by atoms with Crippen molar-refractivity contribution in [3.8, 4) is 0 Å². The summed E-state index contributed by atoms with van der Waals surface area (Å²) < 4.78 is 25.3. The largest absolute Gasteiger partial charge is 0.273 e. The highest BCUT2D eigenvalue weighted by Gasteiger charge is 2.32. The molecule has 0 radical (unpaired) electrons. The van der Waals surface area contributed by atoms with E-state index >= 15 is 0 Å². The molecule has 18 heavy (non-hydrogen) atoms. The van der Waals surface area contributed by atoms with E-state index in [0.29, 0.717) is 6.42 Å². The molecule has 5 heteroatoms. The minimum Gasteiger partial charge on any atom is -0.273 e. The van der Waals surface area contributed by atoms with Crippen molar-refractivity contribution in [3.63, 3.8) is 0 Å². The Kier molecular flexibility index (Phi) is 4.51. The molecule has 0 aliphatic heterocycles. The van der Waals surface area contributed by atoms with E-state index in [0.717, 1.165) is 5.56 Å². The Hall–Kier alpha value is -1.36. The molecule has 0 atom stereocenters. The highest BCUT2D eigenvalue weighted by atomic mass is 32.2. The van der Waals surface area contributed by atoms with Gasteiger partial charge in [-0.05, 0) is 25.8 Å². The summed E-state index contributed by atoms with van der Waals surface area (Å²) in [5.41, 5.74) is -0.0867. The van der Waals surface area contributed by atoms with Gasteiger partial charge in [0.15, 0.2) is 0 Å². The van der Waals surface area contributed by atoms with Crippen LogP contribution < -0.4 is 4.72 Å². The van der Waals surface area contributed by atoms with Gasteiger partial charge in [-0.15, -0.1) is 0 Å². The first-order valence-electron chi connectivity index (χ1n) is 5.90. The maximum atomic E-state index is 12.1. The molecule has 1 aromatic carbocycles. The zero-order valence-corrected chi connectivity index (χ0v) is 11.8. The zero-order valence-electron chi connectivity index (χ0n) is 10.9. The summed E-state index contributed by atoms with van der Waals surface area (Å²) >= 11 is 0.